The van der Waals surface area contributed by atoms with Gasteiger partial charge in [-0.2, -0.15) is 0 Å². The molecular formula is C52H84O22. The lowest BCUT2D eigenvalue weighted by Gasteiger charge is -2.71. The van der Waals surface area contributed by atoms with E-state index in [0.717, 1.165) is 25.7 Å². The van der Waals surface area contributed by atoms with E-state index in [1.165, 1.54) is 5.57 Å². The lowest BCUT2D eigenvalue weighted by atomic mass is 9.33. The normalized spacial score (nSPS) is 54.4. The van der Waals surface area contributed by atoms with E-state index in [2.05, 4.69) is 40.7 Å². The smallest absolute Gasteiger partial charge is 0.315 e. The summed E-state index contributed by atoms with van der Waals surface area (Å²) in [6.07, 6.45) is -19.7. The van der Waals surface area contributed by atoms with Crippen molar-refractivity contribution in [3.8, 4) is 0 Å². The molecule has 27 atom stereocenters. The van der Waals surface area contributed by atoms with Gasteiger partial charge in [-0.1, -0.05) is 53.2 Å². The summed E-state index contributed by atoms with van der Waals surface area (Å²) in [6, 6.07) is 0. The highest BCUT2D eigenvalue weighted by molar-refractivity contribution is 5.79. The highest BCUT2D eigenvalue weighted by atomic mass is 16.8. The molecule has 74 heavy (non-hydrogen) atoms. The summed E-state index contributed by atoms with van der Waals surface area (Å²) in [7, 11) is 0. The Morgan fingerprint density at radius 1 is 0.622 bits per heavy atom. The molecule has 0 aromatic carbocycles. The molecule has 9 aliphatic rings. The van der Waals surface area contributed by atoms with Gasteiger partial charge in [-0.3, -0.25) is 4.79 Å². The predicted molar refractivity (Wildman–Crippen MR) is 252 cm³/mol. The van der Waals surface area contributed by atoms with E-state index in [4.69, 9.17) is 37.9 Å². The van der Waals surface area contributed by atoms with Crippen LogP contribution in [0.4, 0.5) is 0 Å². The Hall–Kier alpha value is -1.59. The van der Waals surface area contributed by atoms with Crippen LogP contribution in [0.1, 0.15) is 106 Å². The third-order valence-electron chi connectivity index (χ3n) is 20.8. The second kappa shape index (κ2) is 20.8. The first-order chi connectivity index (χ1) is 34.7. The molecule has 13 N–H and O–H groups in total. The van der Waals surface area contributed by atoms with Crippen LogP contribution < -0.4 is 0 Å². The zero-order chi connectivity index (χ0) is 53.8. The van der Waals surface area contributed by atoms with Gasteiger partial charge >= 0.3 is 5.97 Å². The summed E-state index contributed by atoms with van der Waals surface area (Å²) in [6.45, 7) is 11.4. The van der Waals surface area contributed by atoms with E-state index >= 15 is 4.79 Å². The van der Waals surface area contributed by atoms with E-state index in [1.54, 1.807) is 0 Å². The Morgan fingerprint density at radius 3 is 1.91 bits per heavy atom. The molecule has 0 aromatic rings. The highest BCUT2D eigenvalue weighted by Crippen LogP contribution is 2.76. The molecule has 4 saturated carbocycles. The Morgan fingerprint density at radius 2 is 1.23 bits per heavy atom. The third-order valence-corrected chi connectivity index (χ3v) is 20.8. The van der Waals surface area contributed by atoms with Crippen molar-refractivity contribution >= 4 is 5.97 Å². The molecule has 4 saturated heterocycles. The number of aliphatic hydroxyl groups is 13. The minimum absolute atomic E-state index is 0.0394. The lowest BCUT2D eigenvalue weighted by molar-refractivity contribution is -0.358. The van der Waals surface area contributed by atoms with Gasteiger partial charge in [0.05, 0.1) is 44.6 Å². The van der Waals surface area contributed by atoms with Crippen LogP contribution >= 0.6 is 0 Å². The van der Waals surface area contributed by atoms with Crippen molar-refractivity contribution in [3.63, 3.8) is 0 Å². The van der Waals surface area contributed by atoms with Crippen LogP contribution in [0.5, 0.6) is 0 Å². The summed E-state index contributed by atoms with van der Waals surface area (Å²) >= 11 is 0. The minimum Gasteiger partial charge on any atom is -0.432 e. The molecule has 0 bridgehead atoms. The molecule has 22 nitrogen and oxygen atoms in total. The summed E-state index contributed by atoms with van der Waals surface area (Å²) in [4.78, 5) is 15.1. The van der Waals surface area contributed by atoms with Crippen molar-refractivity contribution in [2.75, 3.05) is 33.0 Å². The number of fused-ring (bicyclic) bond motifs is 7. The quantitative estimate of drug-likeness (QED) is 0.0618. The summed E-state index contributed by atoms with van der Waals surface area (Å²) in [5.74, 6) is -0.723. The molecule has 9 rings (SSSR count). The van der Waals surface area contributed by atoms with Crippen molar-refractivity contribution in [2.24, 2.45) is 50.2 Å². The number of hydrogen-bond donors (Lipinski definition) is 13. The monoisotopic (exact) mass is 1060 g/mol. The number of hydrogen-bond acceptors (Lipinski definition) is 22. The van der Waals surface area contributed by atoms with Crippen LogP contribution in [0.3, 0.4) is 0 Å². The fraction of sp³-hybridized carbons (Fsp3) is 0.942. The molecule has 0 spiro atoms. The summed E-state index contributed by atoms with van der Waals surface area (Å²) < 4.78 is 47.3. The Labute approximate surface area is 431 Å². The van der Waals surface area contributed by atoms with Crippen molar-refractivity contribution in [1.29, 1.82) is 0 Å². The molecular weight excluding hydrogens is 977 g/mol. The number of esters is 1. The minimum atomic E-state index is -1.84. The summed E-state index contributed by atoms with van der Waals surface area (Å²) in [5.41, 5.74) is -1.68. The van der Waals surface area contributed by atoms with Crippen LogP contribution in [0.15, 0.2) is 11.6 Å². The molecule has 0 radical (unpaired) electrons. The zero-order valence-electron chi connectivity index (χ0n) is 43.4. The second-order valence-electron chi connectivity index (χ2n) is 25.3. The van der Waals surface area contributed by atoms with Gasteiger partial charge in [-0.05, 0) is 104 Å². The van der Waals surface area contributed by atoms with E-state index < -0.39 is 147 Å². The third kappa shape index (κ3) is 9.26. The van der Waals surface area contributed by atoms with Gasteiger partial charge in [0.25, 0.3) is 0 Å². The fourth-order valence-electron chi connectivity index (χ4n) is 15.9. The van der Waals surface area contributed by atoms with Gasteiger partial charge in [0.15, 0.2) is 18.9 Å². The molecule has 0 amide bonds. The van der Waals surface area contributed by atoms with Crippen LogP contribution in [0.25, 0.3) is 0 Å². The molecule has 424 valence electrons. The fourth-order valence-corrected chi connectivity index (χ4v) is 15.9. The Balaban J connectivity index is 0.931. The molecule has 4 aliphatic heterocycles. The molecule has 0 aromatic heterocycles. The first-order valence-corrected chi connectivity index (χ1v) is 26.8. The first kappa shape index (κ1) is 57.1. The second-order valence-corrected chi connectivity index (χ2v) is 25.3. The van der Waals surface area contributed by atoms with Gasteiger partial charge in [0.2, 0.25) is 6.29 Å². The van der Waals surface area contributed by atoms with Crippen molar-refractivity contribution in [2.45, 2.75) is 222 Å². The van der Waals surface area contributed by atoms with Crippen LogP contribution in [0, 0.1) is 50.2 Å². The lowest BCUT2D eigenvalue weighted by Crippen LogP contribution is -2.67. The van der Waals surface area contributed by atoms with Gasteiger partial charge < -0.3 is 104 Å². The predicted octanol–water partition coefficient (Wildman–Crippen LogP) is -1.78. The zero-order valence-corrected chi connectivity index (χ0v) is 43.4. The first-order valence-electron chi connectivity index (χ1n) is 26.8. The molecule has 5 aliphatic carbocycles. The average Bonchev–Trinajstić information content (AvgIpc) is 3.36. The van der Waals surface area contributed by atoms with Gasteiger partial charge in [-0.15, -0.1) is 0 Å². The molecule has 0 unspecified atom stereocenters. The average molecular weight is 1060 g/mol. The number of allylic oxidation sites excluding steroid dienone is 2. The van der Waals surface area contributed by atoms with E-state index in [1.807, 2.05) is 6.92 Å². The van der Waals surface area contributed by atoms with E-state index in [-0.39, 0.29) is 59.2 Å². The van der Waals surface area contributed by atoms with Crippen LogP contribution in [-0.2, 0) is 42.7 Å². The van der Waals surface area contributed by atoms with Crippen molar-refractivity contribution in [1.82, 2.24) is 0 Å². The Kier molecular flexibility index (Phi) is 16.1. The van der Waals surface area contributed by atoms with Gasteiger partial charge in [-0.25, -0.2) is 0 Å². The van der Waals surface area contributed by atoms with Crippen LogP contribution in [0.2, 0.25) is 0 Å². The number of carbonyl (C=O) groups excluding carboxylic acids is 1. The SMILES string of the molecule is CC1(C)CC[C@@]2(C(=O)O[C@H]3O[C@@H](CO[C@H]4O[C@@H](CO)[C@H](O)[C@@H](O)[C@@H]4O)[C@H](O)[C@@H](O)[C@@H]3O)CC[C@]3(C)C(=CC[C@@H]4[C@@]5(C)CC[C@@H](O[C@H]6OC[C@H](O)[C@@H](O)[C@@H]6O[C@H]6OC[C@H](O)[C@@H](O)[C@@H]6O)[C@](C)(CO)[C@@H]5CC[C@]43C)[C@H]2C1. The molecule has 22 heteroatoms. The summed E-state index contributed by atoms with van der Waals surface area (Å²) in [5, 5.41) is 138. The van der Waals surface area contributed by atoms with Crippen LogP contribution in [-0.4, -0.2) is 222 Å². The number of rotatable bonds is 11. The van der Waals surface area contributed by atoms with Gasteiger partial charge in [0.1, 0.15) is 85.5 Å². The molecule has 4 heterocycles. The Bertz CT molecular complexity index is 2030. The maximum atomic E-state index is 15.1. The standard InChI is InChI=1S/C52H84O22/c1-47(2)13-15-52(46(66)74-44-40(65)37(62)35(60)28(71-44)21-69-42-39(64)36(61)34(59)27(18-53)70-42)16-14-50(5)23(24(52)17-47)7-8-30-48(3)11-10-31(49(4,22-54)29(48)9-12-51(30,50)6)72-45-41(33(58)26(56)20-68-45)73-43-38(63)32(57)25(55)19-67-43/h7,24-45,53-65H,8-22H2,1-6H3/t24-,25+,26+,27+,28+,29-,30-,31-,32-,33-,34+,35+,36-,37-,38+,39+,40+,41+,42+,43-,44-,45-,48+,49-,50-,51-,52-/m1/s1. The van der Waals surface area contributed by atoms with Crippen molar-refractivity contribution < 1.29 is 109 Å². The van der Waals surface area contributed by atoms with Crippen molar-refractivity contribution in [3.05, 3.63) is 11.6 Å². The number of carbonyl (C=O) groups is 1. The van der Waals surface area contributed by atoms with E-state index in [0.29, 0.717) is 38.5 Å². The van der Waals surface area contributed by atoms with Gasteiger partial charge in [0, 0.05) is 5.41 Å². The largest absolute Gasteiger partial charge is 0.432 e. The maximum Gasteiger partial charge on any atom is 0.315 e. The number of ether oxygens (including phenoxy) is 8. The number of aliphatic hydroxyl groups excluding tert-OH is 13. The maximum absolute atomic E-state index is 15.1. The van der Waals surface area contributed by atoms with E-state index in [9.17, 15) is 66.4 Å². The highest BCUT2D eigenvalue weighted by Gasteiger charge is 2.70. The molecule has 8 fully saturated rings. The topological polar surface area (TPSA) is 354 Å².